The van der Waals surface area contributed by atoms with Crippen molar-refractivity contribution in [2.45, 2.75) is 39.2 Å². The molecule has 22 heavy (non-hydrogen) atoms. The Kier molecular flexibility index (Phi) is 5.55. The molecule has 1 aliphatic rings. The second-order valence-electron chi connectivity index (χ2n) is 6.36. The van der Waals surface area contributed by atoms with Crippen molar-refractivity contribution in [2.24, 2.45) is 17.6 Å². The third kappa shape index (κ3) is 4.31. The Hall–Kier alpha value is -1.88. The molecule has 0 unspecified atom stereocenters. The average molecular weight is 304 g/mol. The summed E-state index contributed by atoms with van der Waals surface area (Å²) in [4.78, 5) is 23.0. The van der Waals surface area contributed by atoms with Gasteiger partial charge < -0.3 is 16.4 Å². The fraction of sp³-hybridized carbons (Fsp3) is 0.529. The SMILES string of the molecule is C[C@@H]1[C@H](C)CCC[C@@H]1[NH2+]CC(=O)Nc1ccc(C(N)=O)cc1. The quantitative estimate of drug-likeness (QED) is 0.761. The van der Waals surface area contributed by atoms with Crippen LogP contribution in [0.3, 0.4) is 0 Å². The molecule has 0 saturated heterocycles. The van der Waals surface area contributed by atoms with E-state index < -0.39 is 5.91 Å². The molecule has 0 radical (unpaired) electrons. The molecule has 1 aliphatic carbocycles. The van der Waals surface area contributed by atoms with Gasteiger partial charge in [-0.15, -0.1) is 0 Å². The first-order valence-corrected chi connectivity index (χ1v) is 8.00. The monoisotopic (exact) mass is 304 g/mol. The van der Waals surface area contributed by atoms with Gasteiger partial charge >= 0.3 is 0 Å². The molecule has 0 aromatic heterocycles. The number of quaternary nitrogens is 1. The first kappa shape index (κ1) is 16.5. The highest BCUT2D eigenvalue weighted by molar-refractivity contribution is 5.94. The zero-order valence-corrected chi connectivity index (χ0v) is 13.3. The number of hydrogen-bond acceptors (Lipinski definition) is 2. The summed E-state index contributed by atoms with van der Waals surface area (Å²) < 4.78 is 0. The molecule has 1 saturated carbocycles. The molecule has 0 aliphatic heterocycles. The van der Waals surface area contributed by atoms with Crippen molar-refractivity contribution in [3.05, 3.63) is 29.8 Å². The van der Waals surface area contributed by atoms with Gasteiger partial charge in [-0.2, -0.15) is 0 Å². The summed E-state index contributed by atoms with van der Waals surface area (Å²) in [6.07, 6.45) is 3.74. The van der Waals surface area contributed by atoms with E-state index in [2.05, 4.69) is 24.5 Å². The Morgan fingerprint density at radius 2 is 1.91 bits per heavy atom. The van der Waals surface area contributed by atoms with Gasteiger partial charge in [0, 0.05) is 17.2 Å². The van der Waals surface area contributed by atoms with Gasteiger partial charge in [-0.3, -0.25) is 9.59 Å². The van der Waals surface area contributed by atoms with Gasteiger partial charge in [0.15, 0.2) is 6.54 Å². The second kappa shape index (κ2) is 7.40. The van der Waals surface area contributed by atoms with Crippen molar-refractivity contribution in [1.82, 2.24) is 0 Å². The molecular formula is C17H26N3O2+. The maximum Gasteiger partial charge on any atom is 0.279 e. The average Bonchev–Trinajstić information content (AvgIpc) is 2.49. The molecular weight excluding hydrogens is 278 g/mol. The van der Waals surface area contributed by atoms with Crippen LogP contribution < -0.4 is 16.4 Å². The molecule has 2 rings (SSSR count). The Morgan fingerprint density at radius 3 is 2.55 bits per heavy atom. The lowest BCUT2D eigenvalue weighted by Crippen LogP contribution is -2.93. The van der Waals surface area contributed by atoms with Gasteiger partial charge in [-0.05, 0) is 49.4 Å². The van der Waals surface area contributed by atoms with Crippen molar-refractivity contribution in [2.75, 3.05) is 11.9 Å². The molecule has 3 atom stereocenters. The number of nitrogens with one attached hydrogen (secondary N) is 1. The Morgan fingerprint density at radius 1 is 1.23 bits per heavy atom. The fourth-order valence-corrected chi connectivity index (χ4v) is 3.14. The second-order valence-corrected chi connectivity index (χ2v) is 6.36. The summed E-state index contributed by atoms with van der Waals surface area (Å²) in [5.74, 6) is 0.902. The first-order valence-electron chi connectivity index (χ1n) is 8.00. The summed E-state index contributed by atoms with van der Waals surface area (Å²) in [7, 11) is 0. The van der Waals surface area contributed by atoms with Gasteiger partial charge in [0.1, 0.15) is 0 Å². The zero-order chi connectivity index (χ0) is 16.1. The number of rotatable bonds is 5. The van der Waals surface area contributed by atoms with Crippen molar-refractivity contribution in [3.63, 3.8) is 0 Å². The van der Waals surface area contributed by atoms with Crippen molar-refractivity contribution >= 4 is 17.5 Å². The number of primary amides is 1. The summed E-state index contributed by atoms with van der Waals surface area (Å²) in [6, 6.07) is 7.16. The molecule has 2 amide bonds. The van der Waals surface area contributed by atoms with Crippen molar-refractivity contribution < 1.29 is 14.9 Å². The molecule has 1 aromatic rings. The van der Waals surface area contributed by atoms with Crippen LogP contribution >= 0.6 is 0 Å². The summed E-state index contributed by atoms with van der Waals surface area (Å²) in [6.45, 7) is 5.01. The van der Waals surface area contributed by atoms with Crippen LogP contribution in [0.5, 0.6) is 0 Å². The van der Waals surface area contributed by atoms with Crippen LogP contribution in [0, 0.1) is 11.8 Å². The number of hydrogen-bond donors (Lipinski definition) is 3. The van der Waals surface area contributed by atoms with Gasteiger partial charge in [0.05, 0.1) is 6.04 Å². The molecule has 0 heterocycles. The number of carbonyl (C=O) groups excluding carboxylic acids is 2. The van der Waals surface area contributed by atoms with Gasteiger partial charge in [0.25, 0.3) is 5.91 Å². The van der Waals surface area contributed by atoms with E-state index in [1.807, 2.05) is 0 Å². The molecule has 5 heteroatoms. The number of carbonyl (C=O) groups is 2. The molecule has 0 bridgehead atoms. The van der Waals surface area contributed by atoms with Crippen molar-refractivity contribution in [3.8, 4) is 0 Å². The van der Waals surface area contributed by atoms with E-state index >= 15 is 0 Å². The van der Waals surface area contributed by atoms with Crippen molar-refractivity contribution in [1.29, 1.82) is 0 Å². The zero-order valence-electron chi connectivity index (χ0n) is 13.3. The smallest absolute Gasteiger partial charge is 0.279 e. The van der Waals surface area contributed by atoms with E-state index in [0.717, 1.165) is 5.92 Å². The Bertz CT molecular complexity index is 527. The fourth-order valence-electron chi connectivity index (χ4n) is 3.14. The van der Waals surface area contributed by atoms with Crippen LogP contribution in [-0.4, -0.2) is 24.4 Å². The molecule has 1 aromatic carbocycles. The number of anilines is 1. The van der Waals surface area contributed by atoms with Crippen LogP contribution in [0.4, 0.5) is 5.69 Å². The lowest BCUT2D eigenvalue weighted by atomic mass is 9.78. The lowest BCUT2D eigenvalue weighted by molar-refractivity contribution is -0.688. The molecule has 5 N–H and O–H groups in total. The largest absolute Gasteiger partial charge is 0.366 e. The van der Waals surface area contributed by atoms with Gasteiger partial charge in [-0.25, -0.2) is 0 Å². The highest BCUT2D eigenvalue weighted by Crippen LogP contribution is 2.27. The summed E-state index contributed by atoms with van der Waals surface area (Å²) >= 11 is 0. The van der Waals surface area contributed by atoms with E-state index in [1.54, 1.807) is 24.3 Å². The van der Waals surface area contributed by atoms with Crippen LogP contribution in [0.25, 0.3) is 0 Å². The predicted molar refractivity (Wildman–Crippen MR) is 86.3 cm³/mol. The van der Waals surface area contributed by atoms with E-state index in [9.17, 15) is 9.59 Å². The van der Waals surface area contributed by atoms with Crippen LogP contribution in [-0.2, 0) is 4.79 Å². The normalized spacial score (nSPS) is 24.7. The minimum Gasteiger partial charge on any atom is -0.366 e. The number of nitrogens with two attached hydrogens (primary N) is 2. The third-order valence-electron chi connectivity index (χ3n) is 4.83. The van der Waals surface area contributed by atoms with E-state index in [4.69, 9.17) is 5.73 Å². The van der Waals surface area contributed by atoms with E-state index in [1.165, 1.54) is 19.3 Å². The van der Waals surface area contributed by atoms with Crippen LogP contribution in [0.15, 0.2) is 24.3 Å². The van der Waals surface area contributed by atoms with Crippen LogP contribution in [0.1, 0.15) is 43.5 Å². The lowest BCUT2D eigenvalue weighted by Gasteiger charge is -2.31. The molecule has 1 fully saturated rings. The standard InChI is InChI=1S/C17H25N3O2/c1-11-4-3-5-15(12(11)2)19-10-16(21)20-14-8-6-13(7-9-14)17(18)22/h6-9,11-12,15,19H,3-5,10H2,1-2H3,(H2,18,22)(H,20,21)/p+1/t11-,12-,15+/m1/s1. The predicted octanol–water partition coefficient (Wildman–Crippen LogP) is 1.11. The maximum atomic E-state index is 12.0. The molecule has 120 valence electrons. The van der Waals surface area contributed by atoms with Gasteiger partial charge in [0.2, 0.25) is 5.91 Å². The topological polar surface area (TPSA) is 88.8 Å². The summed E-state index contributed by atoms with van der Waals surface area (Å²) in [5, 5.41) is 5.01. The minimum atomic E-state index is -0.466. The Labute approximate surface area is 131 Å². The maximum absolute atomic E-state index is 12.0. The third-order valence-corrected chi connectivity index (χ3v) is 4.83. The minimum absolute atomic E-state index is 0.0164. The summed E-state index contributed by atoms with van der Waals surface area (Å²) in [5.41, 5.74) is 6.32. The highest BCUT2D eigenvalue weighted by atomic mass is 16.2. The molecule has 5 nitrogen and oxygen atoms in total. The van der Waals surface area contributed by atoms with E-state index in [0.29, 0.717) is 29.8 Å². The highest BCUT2D eigenvalue weighted by Gasteiger charge is 2.29. The number of amides is 2. The van der Waals surface area contributed by atoms with Gasteiger partial charge in [-0.1, -0.05) is 13.8 Å². The Balaban J connectivity index is 1.81. The van der Waals surface area contributed by atoms with Crippen LogP contribution in [0.2, 0.25) is 0 Å². The first-order chi connectivity index (χ1) is 10.5. The number of benzene rings is 1. The molecule has 0 spiro atoms. The van der Waals surface area contributed by atoms with E-state index in [-0.39, 0.29) is 5.91 Å².